The number of sulfone groups is 1. The van der Waals surface area contributed by atoms with E-state index >= 15 is 4.39 Å². The molecule has 1 aromatic carbocycles. The lowest BCUT2D eigenvalue weighted by Crippen LogP contribution is -2.29. The summed E-state index contributed by atoms with van der Waals surface area (Å²) in [6.07, 6.45) is 0.343. The Labute approximate surface area is 172 Å². The van der Waals surface area contributed by atoms with Crippen molar-refractivity contribution in [1.82, 2.24) is 9.97 Å². The molecule has 0 saturated carbocycles. The molecule has 0 saturated heterocycles. The number of amides is 1. The standard InChI is InChI=1S/C18H21ClFN3O5S/c1-18(2,3)13-12(29(4,27)28)6-5-11(14(13)20)23(17(25)26)16-10(7-8-24)15(19)21-9-22-16/h5-6,9,24H,7-8H2,1-4H3,(H,25,26). The molecular weight excluding hydrogens is 425 g/mol. The van der Waals surface area contributed by atoms with Gasteiger partial charge in [0.05, 0.1) is 10.6 Å². The van der Waals surface area contributed by atoms with Crippen molar-refractivity contribution in [1.29, 1.82) is 0 Å². The first kappa shape index (κ1) is 23.0. The van der Waals surface area contributed by atoms with Gasteiger partial charge in [0, 0.05) is 30.4 Å². The number of halogens is 2. The molecule has 0 unspecified atom stereocenters. The summed E-state index contributed by atoms with van der Waals surface area (Å²) in [6, 6.07) is 2.23. The normalized spacial score (nSPS) is 12.1. The Hall–Kier alpha value is -2.30. The summed E-state index contributed by atoms with van der Waals surface area (Å²) in [7, 11) is -3.78. The molecule has 2 N–H and O–H groups in total. The van der Waals surface area contributed by atoms with E-state index in [0.29, 0.717) is 4.90 Å². The molecule has 2 aromatic rings. The lowest BCUT2D eigenvalue weighted by Gasteiger charge is -2.27. The zero-order valence-corrected chi connectivity index (χ0v) is 17.8. The SMILES string of the molecule is CC(C)(C)c1c(S(C)(=O)=O)ccc(N(C(=O)O)c2ncnc(Cl)c2CCO)c1F. The third-order valence-electron chi connectivity index (χ3n) is 4.11. The molecule has 0 aliphatic carbocycles. The number of rotatable bonds is 5. The smallest absolute Gasteiger partial charge is 0.417 e. The van der Waals surface area contributed by atoms with Gasteiger partial charge in [-0.3, -0.25) is 0 Å². The minimum atomic E-state index is -3.78. The third kappa shape index (κ3) is 4.65. The number of hydrogen-bond donors (Lipinski definition) is 2. The van der Waals surface area contributed by atoms with Crippen molar-refractivity contribution in [2.75, 3.05) is 17.8 Å². The van der Waals surface area contributed by atoms with Crippen molar-refractivity contribution in [2.24, 2.45) is 0 Å². The van der Waals surface area contributed by atoms with Crippen molar-refractivity contribution in [3.8, 4) is 0 Å². The number of nitrogens with zero attached hydrogens (tertiary/aromatic N) is 3. The zero-order chi connectivity index (χ0) is 22.1. The number of carboxylic acid groups (broad SMARTS) is 1. The maximum absolute atomic E-state index is 15.6. The highest BCUT2D eigenvalue weighted by atomic mass is 35.5. The molecule has 0 radical (unpaired) electrons. The summed E-state index contributed by atoms with van der Waals surface area (Å²) in [4.78, 5) is 20.1. The van der Waals surface area contributed by atoms with Gasteiger partial charge < -0.3 is 10.2 Å². The van der Waals surface area contributed by atoms with Gasteiger partial charge in [0.25, 0.3) is 0 Å². The maximum atomic E-state index is 15.6. The van der Waals surface area contributed by atoms with E-state index in [2.05, 4.69) is 9.97 Å². The van der Waals surface area contributed by atoms with E-state index in [-0.39, 0.29) is 40.0 Å². The van der Waals surface area contributed by atoms with Crippen LogP contribution in [-0.4, -0.2) is 47.6 Å². The lowest BCUT2D eigenvalue weighted by molar-refractivity contribution is 0.204. The van der Waals surface area contributed by atoms with Crippen molar-refractivity contribution in [3.63, 3.8) is 0 Å². The Balaban J connectivity index is 2.88. The number of benzene rings is 1. The predicted octanol–water partition coefficient (Wildman–Crippen LogP) is 3.32. The Kier molecular flexibility index (Phi) is 6.51. The van der Waals surface area contributed by atoms with Gasteiger partial charge in [-0.15, -0.1) is 0 Å². The molecule has 8 nitrogen and oxygen atoms in total. The molecule has 29 heavy (non-hydrogen) atoms. The van der Waals surface area contributed by atoms with Crippen LogP contribution >= 0.6 is 11.6 Å². The minimum Gasteiger partial charge on any atom is -0.464 e. The number of anilines is 2. The van der Waals surface area contributed by atoms with Gasteiger partial charge in [0.2, 0.25) is 0 Å². The molecule has 11 heteroatoms. The summed E-state index contributed by atoms with van der Waals surface area (Å²) in [6.45, 7) is 4.49. The molecule has 0 aliphatic heterocycles. The molecule has 1 amide bonds. The molecule has 1 aromatic heterocycles. The number of aliphatic hydroxyl groups is 1. The molecule has 0 atom stereocenters. The van der Waals surface area contributed by atoms with Crippen LogP contribution in [0.3, 0.4) is 0 Å². The summed E-state index contributed by atoms with van der Waals surface area (Å²) in [5.74, 6) is -1.23. The van der Waals surface area contributed by atoms with E-state index in [9.17, 15) is 23.4 Å². The average molecular weight is 446 g/mol. The van der Waals surface area contributed by atoms with Crippen LogP contribution in [0.25, 0.3) is 0 Å². The largest absolute Gasteiger partial charge is 0.464 e. The van der Waals surface area contributed by atoms with Crippen molar-refractivity contribution in [3.05, 3.63) is 40.6 Å². The second-order valence-electron chi connectivity index (χ2n) is 7.35. The minimum absolute atomic E-state index is 0.0616. The van der Waals surface area contributed by atoms with Crippen molar-refractivity contribution < 1.29 is 27.8 Å². The number of carbonyl (C=O) groups is 1. The van der Waals surface area contributed by atoms with Gasteiger partial charge in [-0.2, -0.15) is 0 Å². The zero-order valence-electron chi connectivity index (χ0n) is 16.3. The quantitative estimate of drug-likeness (QED) is 0.677. The van der Waals surface area contributed by atoms with Crippen LogP contribution in [-0.2, 0) is 21.7 Å². The summed E-state index contributed by atoms with van der Waals surface area (Å²) in [5, 5.41) is 19.0. The molecule has 0 bridgehead atoms. The van der Waals surface area contributed by atoms with Crippen LogP contribution in [0.4, 0.5) is 20.7 Å². The Morgan fingerprint density at radius 3 is 2.38 bits per heavy atom. The first-order chi connectivity index (χ1) is 13.3. The van der Waals surface area contributed by atoms with Gasteiger partial charge >= 0.3 is 6.09 Å². The molecule has 158 valence electrons. The van der Waals surface area contributed by atoms with Gasteiger partial charge in [0.15, 0.2) is 21.5 Å². The van der Waals surface area contributed by atoms with Crippen LogP contribution in [0, 0.1) is 5.82 Å². The maximum Gasteiger partial charge on any atom is 0.417 e. The van der Waals surface area contributed by atoms with Crippen LogP contribution in [0.2, 0.25) is 5.15 Å². The monoisotopic (exact) mass is 445 g/mol. The fourth-order valence-electron chi connectivity index (χ4n) is 2.94. The first-order valence-electron chi connectivity index (χ1n) is 8.47. The van der Waals surface area contributed by atoms with Gasteiger partial charge in [0.1, 0.15) is 11.5 Å². The highest BCUT2D eigenvalue weighted by Crippen LogP contribution is 2.39. The molecule has 0 spiro atoms. The Morgan fingerprint density at radius 2 is 1.90 bits per heavy atom. The van der Waals surface area contributed by atoms with E-state index in [4.69, 9.17) is 11.6 Å². The predicted molar refractivity (Wildman–Crippen MR) is 106 cm³/mol. The Bertz CT molecular complexity index is 1050. The van der Waals surface area contributed by atoms with Crippen LogP contribution in [0.5, 0.6) is 0 Å². The van der Waals surface area contributed by atoms with E-state index in [1.54, 1.807) is 20.8 Å². The molecular formula is C18H21ClFN3O5S. The summed E-state index contributed by atoms with van der Waals surface area (Å²) < 4.78 is 39.9. The topological polar surface area (TPSA) is 121 Å². The van der Waals surface area contributed by atoms with Gasteiger partial charge in [-0.1, -0.05) is 32.4 Å². The van der Waals surface area contributed by atoms with Crippen molar-refractivity contribution in [2.45, 2.75) is 37.5 Å². The first-order valence-corrected chi connectivity index (χ1v) is 10.7. The van der Waals surface area contributed by atoms with Crippen molar-refractivity contribution >= 4 is 39.0 Å². The van der Waals surface area contributed by atoms with Crippen LogP contribution < -0.4 is 4.90 Å². The molecule has 2 rings (SSSR count). The van der Waals surface area contributed by atoms with Crippen LogP contribution in [0.1, 0.15) is 31.9 Å². The van der Waals surface area contributed by atoms with E-state index in [1.165, 1.54) is 6.07 Å². The molecule has 1 heterocycles. The van der Waals surface area contributed by atoms with Crippen LogP contribution in [0.15, 0.2) is 23.4 Å². The highest BCUT2D eigenvalue weighted by molar-refractivity contribution is 7.90. The average Bonchev–Trinajstić information content (AvgIpc) is 2.56. The van der Waals surface area contributed by atoms with E-state index < -0.39 is 32.9 Å². The molecule has 0 aliphatic rings. The van der Waals surface area contributed by atoms with Gasteiger partial charge in [-0.05, 0) is 17.5 Å². The summed E-state index contributed by atoms with van der Waals surface area (Å²) in [5.41, 5.74) is -1.39. The highest BCUT2D eigenvalue weighted by Gasteiger charge is 2.33. The second-order valence-corrected chi connectivity index (χ2v) is 9.69. The van der Waals surface area contributed by atoms with E-state index in [1.807, 2.05) is 0 Å². The second kappa shape index (κ2) is 8.21. The molecule has 0 fully saturated rings. The lowest BCUT2D eigenvalue weighted by atomic mass is 9.86. The summed E-state index contributed by atoms with van der Waals surface area (Å²) >= 11 is 6.02. The Morgan fingerprint density at radius 1 is 1.28 bits per heavy atom. The number of aromatic nitrogens is 2. The fourth-order valence-corrected chi connectivity index (χ4v) is 4.24. The number of aliphatic hydroxyl groups excluding tert-OH is 1. The van der Waals surface area contributed by atoms with Gasteiger partial charge in [-0.25, -0.2) is 32.5 Å². The fraction of sp³-hybridized carbons (Fsp3) is 0.389. The number of hydrogen-bond acceptors (Lipinski definition) is 6. The van der Waals surface area contributed by atoms with E-state index in [0.717, 1.165) is 18.6 Å². The third-order valence-corrected chi connectivity index (χ3v) is 5.57.